The fraction of sp³-hybridized carbons (Fsp3) is 1.00. The highest BCUT2D eigenvalue weighted by atomic mass is 28.2. The van der Waals surface area contributed by atoms with Crippen LogP contribution in [0.3, 0.4) is 0 Å². The van der Waals surface area contributed by atoms with Crippen molar-refractivity contribution in [2.24, 2.45) is 0 Å². The normalized spacial score (nSPS) is 13.7. The van der Waals surface area contributed by atoms with E-state index in [0.717, 1.165) is 13.0 Å². The van der Waals surface area contributed by atoms with Crippen molar-refractivity contribution < 1.29 is 9.53 Å². The van der Waals surface area contributed by atoms with Crippen molar-refractivity contribution >= 4 is 9.76 Å². The van der Waals surface area contributed by atoms with Crippen LogP contribution in [0.1, 0.15) is 71.6 Å². The summed E-state index contributed by atoms with van der Waals surface area (Å²) in [6.45, 7) is 5.01. The van der Waals surface area contributed by atoms with Gasteiger partial charge in [0, 0.05) is 6.61 Å². The Hall–Kier alpha value is 0.137. The molecule has 98 valence electrons. The van der Waals surface area contributed by atoms with Gasteiger partial charge in [-0.05, 0) is 13.3 Å². The number of unbranched alkanes of at least 4 members (excludes halogenated alkanes) is 7. The number of aliphatic hydroxyl groups excluding tert-OH is 1. The molecule has 1 N–H and O–H groups in total. The lowest BCUT2D eigenvalue weighted by molar-refractivity contribution is 0.206. The van der Waals surface area contributed by atoms with E-state index in [4.69, 9.17) is 4.43 Å². The van der Waals surface area contributed by atoms with Crippen LogP contribution in [0, 0.1) is 0 Å². The van der Waals surface area contributed by atoms with Gasteiger partial charge in [0.05, 0.1) is 5.73 Å². The van der Waals surface area contributed by atoms with Gasteiger partial charge in [-0.1, -0.05) is 58.3 Å². The van der Waals surface area contributed by atoms with E-state index in [-0.39, 0.29) is 5.73 Å². The molecule has 1 unspecified atom stereocenters. The standard InChI is InChI=1S/C13H30O2Si/c1-3-5-6-7-8-9-10-11-12-13(14)16-15-4-2/h13-14H,3-12,16H2,1-2H3. The molecule has 2 nitrogen and oxygen atoms in total. The molecule has 0 aromatic carbocycles. The van der Waals surface area contributed by atoms with Crippen LogP contribution in [0.5, 0.6) is 0 Å². The van der Waals surface area contributed by atoms with Crippen molar-refractivity contribution in [3.05, 3.63) is 0 Å². The zero-order valence-corrected chi connectivity index (χ0v) is 12.6. The topological polar surface area (TPSA) is 29.5 Å². The molecule has 0 amide bonds. The van der Waals surface area contributed by atoms with Crippen molar-refractivity contribution in [3.8, 4) is 0 Å². The van der Waals surface area contributed by atoms with Gasteiger partial charge >= 0.3 is 0 Å². The zero-order chi connectivity index (χ0) is 12.1. The van der Waals surface area contributed by atoms with Crippen molar-refractivity contribution in [2.45, 2.75) is 77.4 Å². The predicted octanol–water partition coefficient (Wildman–Crippen LogP) is 2.96. The second-order valence-corrected chi connectivity index (χ2v) is 6.26. The van der Waals surface area contributed by atoms with Crippen LogP contribution >= 0.6 is 0 Å². The molecule has 0 bridgehead atoms. The van der Waals surface area contributed by atoms with Crippen LogP contribution in [0.2, 0.25) is 0 Å². The van der Waals surface area contributed by atoms with Gasteiger partial charge in [-0.15, -0.1) is 0 Å². The quantitative estimate of drug-likeness (QED) is 0.424. The summed E-state index contributed by atoms with van der Waals surface area (Å²) in [7, 11) is -0.660. The van der Waals surface area contributed by atoms with E-state index in [2.05, 4.69) is 6.92 Å². The number of hydrogen-bond donors (Lipinski definition) is 1. The SMILES string of the molecule is CCCCCCCCCCC(O)[SiH2]OCC. The van der Waals surface area contributed by atoms with E-state index >= 15 is 0 Å². The lowest BCUT2D eigenvalue weighted by Gasteiger charge is -2.09. The van der Waals surface area contributed by atoms with E-state index in [9.17, 15) is 5.11 Å². The fourth-order valence-electron chi connectivity index (χ4n) is 1.85. The molecule has 16 heavy (non-hydrogen) atoms. The smallest absolute Gasteiger partial charge is 0.190 e. The summed E-state index contributed by atoms with van der Waals surface area (Å²) in [5.41, 5.74) is -0.111. The summed E-state index contributed by atoms with van der Waals surface area (Å²) in [6.07, 6.45) is 11.6. The van der Waals surface area contributed by atoms with Crippen LogP contribution in [-0.2, 0) is 4.43 Å². The highest BCUT2D eigenvalue weighted by Gasteiger charge is 2.04. The molecule has 0 spiro atoms. The van der Waals surface area contributed by atoms with Gasteiger partial charge < -0.3 is 9.53 Å². The first kappa shape index (κ1) is 16.1. The van der Waals surface area contributed by atoms with Crippen LogP contribution in [0.4, 0.5) is 0 Å². The Morgan fingerprint density at radius 2 is 1.50 bits per heavy atom. The fourth-order valence-corrected chi connectivity index (χ4v) is 2.81. The van der Waals surface area contributed by atoms with Gasteiger partial charge in [0.25, 0.3) is 0 Å². The maximum atomic E-state index is 9.59. The van der Waals surface area contributed by atoms with Gasteiger partial charge in [0.15, 0.2) is 9.76 Å². The molecule has 0 aromatic heterocycles. The van der Waals surface area contributed by atoms with Crippen molar-refractivity contribution in [1.82, 2.24) is 0 Å². The summed E-state index contributed by atoms with van der Waals surface area (Å²) in [5.74, 6) is 0. The average Bonchev–Trinajstić information content (AvgIpc) is 2.30. The van der Waals surface area contributed by atoms with E-state index in [1.165, 1.54) is 51.4 Å². The first-order chi connectivity index (χ1) is 7.81. The van der Waals surface area contributed by atoms with Gasteiger partial charge in [0.1, 0.15) is 0 Å². The summed E-state index contributed by atoms with van der Waals surface area (Å²) < 4.78 is 5.31. The largest absolute Gasteiger partial charge is 0.422 e. The molecule has 3 heteroatoms. The minimum Gasteiger partial charge on any atom is -0.422 e. The Balaban J connectivity index is 3.02. The number of rotatable bonds is 12. The zero-order valence-electron chi connectivity index (χ0n) is 11.2. The first-order valence-electron chi connectivity index (χ1n) is 7.07. The molecular weight excluding hydrogens is 216 g/mol. The first-order valence-corrected chi connectivity index (χ1v) is 8.46. The molecule has 0 saturated carbocycles. The molecule has 0 aliphatic rings. The van der Waals surface area contributed by atoms with Gasteiger partial charge in [-0.25, -0.2) is 0 Å². The molecule has 0 aliphatic carbocycles. The monoisotopic (exact) mass is 246 g/mol. The van der Waals surface area contributed by atoms with Crippen molar-refractivity contribution in [3.63, 3.8) is 0 Å². The number of aliphatic hydroxyl groups is 1. The summed E-state index contributed by atoms with van der Waals surface area (Å²) in [4.78, 5) is 0. The average molecular weight is 246 g/mol. The molecule has 0 saturated heterocycles. The third-order valence-corrected chi connectivity index (χ3v) is 4.34. The molecule has 0 fully saturated rings. The maximum Gasteiger partial charge on any atom is 0.190 e. The summed E-state index contributed by atoms with van der Waals surface area (Å²) in [5, 5.41) is 9.59. The van der Waals surface area contributed by atoms with E-state index < -0.39 is 9.76 Å². The summed E-state index contributed by atoms with van der Waals surface area (Å²) in [6, 6.07) is 0. The minimum absolute atomic E-state index is 0.111. The van der Waals surface area contributed by atoms with Crippen molar-refractivity contribution in [1.29, 1.82) is 0 Å². The Bertz CT molecular complexity index is 131. The summed E-state index contributed by atoms with van der Waals surface area (Å²) >= 11 is 0. The van der Waals surface area contributed by atoms with E-state index in [1.807, 2.05) is 6.92 Å². The minimum atomic E-state index is -0.660. The van der Waals surface area contributed by atoms with Crippen LogP contribution < -0.4 is 0 Å². The van der Waals surface area contributed by atoms with Gasteiger partial charge in [0.2, 0.25) is 0 Å². The maximum absolute atomic E-state index is 9.59. The lowest BCUT2D eigenvalue weighted by Crippen LogP contribution is -2.19. The molecule has 1 atom stereocenters. The molecule has 0 radical (unpaired) electrons. The van der Waals surface area contributed by atoms with Crippen LogP contribution in [0.15, 0.2) is 0 Å². The molecule has 0 rings (SSSR count). The second kappa shape index (κ2) is 13.2. The number of hydrogen-bond acceptors (Lipinski definition) is 2. The van der Waals surface area contributed by atoms with Crippen molar-refractivity contribution in [2.75, 3.05) is 6.61 Å². The third kappa shape index (κ3) is 12.2. The van der Waals surface area contributed by atoms with Crippen LogP contribution in [-0.4, -0.2) is 27.2 Å². The molecule has 0 heterocycles. The predicted molar refractivity (Wildman–Crippen MR) is 73.4 cm³/mol. The van der Waals surface area contributed by atoms with E-state index in [1.54, 1.807) is 0 Å². The Morgan fingerprint density at radius 3 is 2.06 bits per heavy atom. The van der Waals surface area contributed by atoms with Gasteiger partial charge in [-0.3, -0.25) is 0 Å². The molecule has 0 aliphatic heterocycles. The van der Waals surface area contributed by atoms with E-state index in [0.29, 0.717) is 0 Å². The molecular formula is C13H30O2Si. The Kier molecular flexibility index (Phi) is 13.3. The van der Waals surface area contributed by atoms with Crippen LogP contribution in [0.25, 0.3) is 0 Å². The highest BCUT2D eigenvalue weighted by Crippen LogP contribution is 2.10. The second-order valence-electron chi connectivity index (χ2n) is 4.58. The third-order valence-electron chi connectivity index (χ3n) is 2.91. The molecule has 0 aromatic rings. The Morgan fingerprint density at radius 1 is 0.938 bits per heavy atom. The highest BCUT2D eigenvalue weighted by molar-refractivity contribution is 6.28. The van der Waals surface area contributed by atoms with Gasteiger partial charge in [-0.2, -0.15) is 0 Å². The Labute approximate surface area is 104 Å². The lowest BCUT2D eigenvalue weighted by atomic mass is 10.1.